The van der Waals surface area contributed by atoms with Gasteiger partial charge in [0.15, 0.2) is 0 Å². The fraction of sp³-hybridized carbons (Fsp3) is 0.688. The first kappa shape index (κ1) is 27.5. The number of carbonyl (C=O) groups is 1. The second-order valence-corrected chi connectivity index (χ2v) is 12.5. The molecule has 5 rings (SSSR count). The van der Waals surface area contributed by atoms with Gasteiger partial charge in [0.25, 0.3) is 0 Å². The first-order valence-corrected chi connectivity index (χ1v) is 14.6. The molecule has 38 heavy (non-hydrogen) atoms. The Kier molecular flexibility index (Phi) is 7.87. The lowest BCUT2D eigenvalue weighted by Crippen LogP contribution is -2.45. The van der Waals surface area contributed by atoms with Gasteiger partial charge in [0, 0.05) is 29.2 Å². The standard InChI is InChI=1S/C32H45NO5/c1-18-16-25-21(4)24(28-17-20(3)31(36)38-28)11-13-32(25)12-6-14-33-29(32)10-9-27(35)22(5)30-19(2)15-23(37-30)7-8-26(18)34/h16-17,19,23,25-28,30,34-35H,5-15H2,1-4H3/t19-,23+,25+,26+,27-,28+,30-,32+/m1/s1. The van der Waals surface area contributed by atoms with Crippen LogP contribution in [-0.4, -0.2) is 59.0 Å². The molecule has 1 saturated heterocycles. The Morgan fingerprint density at radius 3 is 2.58 bits per heavy atom. The molecule has 6 heteroatoms. The van der Waals surface area contributed by atoms with Crippen molar-refractivity contribution in [3.63, 3.8) is 0 Å². The van der Waals surface area contributed by atoms with Crippen LogP contribution in [0.5, 0.6) is 0 Å². The molecule has 208 valence electrons. The minimum atomic E-state index is -0.629. The van der Waals surface area contributed by atoms with Gasteiger partial charge >= 0.3 is 5.97 Å². The molecule has 2 N–H and O–H groups in total. The summed E-state index contributed by atoms with van der Waals surface area (Å²) in [6, 6.07) is 0. The number of esters is 1. The third-order valence-electron chi connectivity index (χ3n) is 10.0. The molecule has 1 spiro atoms. The molecule has 0 aromatic rings. The maximum absolute atomic E-state index is 12.2. The predicted molar refractivity (Wildman–Crippen MR) is 149 cm³/mol. The molecule has 0 aromatic heterocycles. The van der Waals surface area contributed by atoms with Gasteiger partial charge in [-0.15, -0.1) is 0 Å². The number of aliphatic hydroxyl groups excluding tert-OH is 2. The van der Waals surface area contributed by atoms with E-state index in [9.17, 15) is 15.0 Å². The number of carbonyl (C=O) groups excluding carboxylic acids is 1. The number of hydrogen-bond donors (Lipinski definition) is 2. The minimum Gasteiger partial charge on any atom is -0.450 e. The zero-order valence-electron chi connectivity index (χ0n) is 23.5. The lowest BCUT2D eigenvalue weighted by atomic mass is 9.57. The molecule has 8 atom stereocenters. The average molecular weight is 524 g/mol. The molecular weight excluding hydrogens is 478 g/mol. The molecule has 1 fully saturated rings. The van der Waals surface area contributed by atoms with Gasteiger partial charge in [-0.1, -0.05) is 25.2 Å². The first-order valence-electron chi connectivity index (χ1n) is 14.6. The Balaban J connectivity index is 1.55. The zero-order valence-corrected chi connectivity index (χ0v) is 23.5. The Labute approximate surface area is 227 Å². The predicted octanol–water partition coefficient (Wildman–Crippen LogP) is 5.40. The second-order valence-electron chi connectivity index (χ2n) is 12.5. The Morgan fingerprint density at radius 2 is 1.84 bits per heavy atom. The van der Waals surface area contributed by atoms with Gasteiger partial charge < -0.3 is 19.7 Å². The lowest BCUT2D eigenvalue weighted by molar-refractivity contribution is -0.138. The summed E-state index contributed by atoms with van der Waals surface area (Å²) in [5.74, 6) is 0.129. The topological polar surface area (TPSA) is 88.4 Å². The van der Waals surface area contributed by atoms with Crippen LogP contribution in [0.25, 0.3) is 0 Å². The number of cyclic esters (lactones) is 1. The van der Waals surface area contributed by atoms with Crippen LogP contribution in [0.4, 0.5) is 0 Å². The van der Waals surface area contributed by atoms with Crippen LogP contribution in [0.15, 0.2) is 51.6 Å². The third kappa shape index (κ3) is 5.00. The van der Waals surface area contributed by atoms with Crippen LogP contribution < -0.4 is 0 Å². The van der Waals surface area contributed by atoms with E-state index in [2.05, 4.69) is 26.5 Å². The van der Waals surface area contributed by atoms with E-state index in [-0.39, 0.29) is 35.6 Å². The molecule has 0 radical (unpaired) electrons. The van der Waals surface area contributed by atoms with E-state index in [1.165, 1.54) is 16.9 Å². The van der Waals surface area contributed by atoms with E-state index in [4.69, 9.17) is 14.5 Å². The molecule has 1 aliphatic carbocycles. The number of rotatable bonds is 1. The normalized spacial score (nSPS) is 40.8. The van der Waals surface area contributed by atoms with Crippen LogP contribution in [0.2, 0.25) is 0 Å². The molecule has 6 nitrogen and oxygen atoms in total. The first-order chi connectivity index (χ1) is 18.1. The highest BCUT2D eigenvalue weighted by Crippen LogP contribution is 2.53. The summed E-state index contributed by atoms with van der Waals surface area (Å²) in [5, 5.41) is 22.4. The number of fused-ring (bicyclic) bond motifs is 2. The number of allylic oxidation sites excluding steroid dienone is 2. The Hall–Kier alpha value is -2.02. The van der Waals surface area contributed by atoms with Crippen LogP contribution in [-0.2, 0) is 14.3 Å². The molecule has 4 heterocycles. The van der Waals surface area contributed by atoms with Gasteiger partial charge in [0.2, 0.25) is 0 Å². The number of nitrogens with zero attached hydrogens (tertiary/aromatic N) is 1. The van der Waals surface area contributed by atoms with Crippen LogP contribution >= 0.6 is 0 Å². The highest BCUT2D eigenvalue weighted by molar-refractivity contribution is 5.93. The summed E-state index contributed by atoms with van der Waals surface area (Å²) in [4.78, 5) is 17.3. The van der Waals surface area contributed by atoms with Gasteiger partial charge in [-0.25, -0.2) is 4.79 Å². The van der Waals surface area contributed by atoms with Gasteiger partial charge in [-0.2, -0.15) is 0 Å². The Bertz CT molecular complexity index is 1100. The summed E-state index contributed by atoms with van der Waals surface area (Å²) in [6.07, 6.45) is 10.2. The molecule has 2 bridgehead atoms. The van der Waals surface area contributed by atoms with E-state index in [0.29, 0.717) is 24.3 Å². The van der Waals surface area contributed by atoms with Crippen molar-refractivity contribution in [1.82, 2.24) is 0 Å². The molecule has 0 saturated carbocycles. The second kappa shape index (κ2) is 10.9. The lowest BCUT2D eigenvalue weighted by Gasteiger charge is -2.48. The molecule has 0 aromatic carbocycles. The quantitative estimate of drug-likeness (QED) is 0.355. The average Bonchev–Trinajstić information content (AvgIpc) is 3.43. The van der Waals surface area contributed by atoms with Crippen LogP contribution in [0, 0.1) is 17.3 Å². The smallest absolute Gasteiger partial charge is 0.334 e. The fourth-order valence-electron chi connectivity index (χ4n) is 7.70. The van der Waals surface area contributed by atoms with Crippen LogP contribution in [0.1, 0.15) is 85.5 Å². The van der Waals surface area contributed by atoms with Gasteiger partial charge in [0.05, 0.1) is 24.4 Å². The molecule has 5 aliphatic rings. The van der Waals surface area contributed by atoms with Crippen molar-refractivity contribution < 1.29 is 24.5 Å². The van der Waals surface area contributed by atoms with Gasteiger partial charge in [-0.3, -0.25) is 4.99 Å². The van der Waals surface area contributed by atoms with E-state index < -0.39 is 12.2 Å². The number of aliphatic imine (C=N–C) groups is 1. The molecule has 0 unspecified atom stereocenters. The van der Waals surface area contributed by atoms with Crippen molar-refractivity contribution in [1.29, 1.82) is 0 Å². The van der Waals surface area contributed by atoms with Crippen molar-refractivity contribution in [3.05, 3.63) is 46.6 Å². The van der Waals surface area contributed by atoms with Gasteiger partial charge in [-0.05, 0) is 107 Å². The molecule has 4 aliphatic heterocycles. The van der Waals surface area contributed by atoms with E-state index in [0.717, 1.165) is 62.6 Å². The van der Waals surface area contributed by atoms with Crippen molar-refractivity contribution in [2.24, 2.45) is 22.2 Å². The fourth-order valence-corrected chi connectivity index (χ4v) is 7.70. The highest BCUT2D eigenvalue weighted by Gasteiger charge is 2.48. The summed E-state index contributed by atoms with van der Waals surface area (Å²) in [7, 11) is 0. The SMILES string of the molecule is C=C1[C@H](O)CCC2=NCCC[C@@]23CCC([C@@H]2C=C(C)C(=O)O2)=C(C)[C@@H]3C=C(C)[C@@H](O)CC[C@H]2C[C@@H](C)[C@H]1O2. The number of hydrogen-bond acceptors (Lipinski definition) is 6. The summed E-state index contributed by atoms with van der Waals surface area (Å²) < 4.78 is 12.1. The highest BCUT2D eigenvalue weighted by atomic mass is 16.5. The molecular formula is C32H45NO5. The van der Waals surface area contributed by atoms with Crippen molar-refractivity contribution >= 4 is 11.7 Å². The summed E-state index contributed by atoms with van der Waals surface area (Å²) in [6.45, 7) is 13.3. The zero-order chi connectivity index (χ0) is 27.2. The van der Waals surface area contributed by atoms with Crippen molar-refractivity contribution in [2.75, 3.05) is 6.54 Å². The van der Waals surface area contributed by atoms with Gasteiger partial charge in [0.1, 0.15) is 6.10 Å². The number of ether oxygens (including phenoxy) is 2. The Morgan fingerprint density at radius 1 is 1.05 bits per heavy atom. The largest absolute Gasteiger partial charge is 0.450 e. The summed E-state index contributed by atoms with van der Waals surface area (Å²) >= 11 is 0. The van der Waals surface area contributed by atoms with Crippen molar-refractivity contribution in [2.45, 2.75) is 116 Å². The number of aliphatic hydroxyl groups is 2. The third-order valence-corrected chi connectivity index (χ3v) is 10.0. The van der Waals surface area contributed by atoms with Crippen LogP contribution in [0.3, 0.4) is 0 Å². The minimum absolute atomic E-state index is 0.0613. The van der Waals surface area contributed by atoms with E-state index in [1.54, 1.807) is 0 Å². The maximum Gasteiger partial charge on any atom is 0.334 e. The molecule has 0 amide bonds. The van der Waals surface area contributed by atoms with E-state index >= 15 is 0 Å². The monoisotopic (exact) mass is 523 g/mol. The van der Waals surface area contributed by atoms with Crippen molar-refractivity contribution in [3.8, 4) is 0 Å². The van der Waals surface area contributed by atoms with E-state index in [1.807, 2.05) is 19.9 Å². The maximum atomic E-state index is 12.2. The summed E-state index contributed by atoms with van der Waals surface area (Å²) in [5.41, 5.74) is 5.86.